The highest BCUT2D eigenvalue weighted by molar-refractivity contribution is 7.14. The Morgan fingerprint density at radius 1 is 1.43 bits per heavy atom. The van der Waals surface area contributed by atoms with Crippen molar-refractivity contribution in [1.29, 1.82) is 0 Å². The van der Waals surface area contributed by atoms with Gasteiger partial charge in [-0.15, -0.1) is 11.3 Å². The molecule has 14 heavy (non-hydrogen) atoms. The van der Waals surface area contributed by atoms with E-state index in [2.05, 4.69) is 20.3 Å². The Labute approximate surface area is 85.0 Å². The van der Waals surface area contributed by atoms with Crippen LogP contribution in [0.25, 0.3) is 0 Å². The second kappa shape index (κ2) is 3.59. The summed E-state index contributed by atoms with van der Waals surface area (Å²) in [6.45, 7) is 1.91. The van der Waals surface area contributed by atoms with Crippen LogP contribution < -0.4 is 11.1 Å². The molecule has 0 fully saturated rings. The Morgan fingerprint density at radius 3 is 2.93 bits per heavy atom. The molecular formula is C8H9N5S. The predicted octanol–water partition coefficient (Wildman–Crippen LogP) is 1.57. The minimum Gasteiger partial charge on any atom is -0.383 e. The highest BCUT2D eigenvalue weighted by atomic mass is 32.1. The average molecular weight is 207 g/mol. The lowest BCUT2D eigenvalue weighted by Gasteiger charge is -1.99. The lowest BCUT2D eigenvalue weighted by Crippen LogP contribution is -1.97. The first-order chi connectivity index (χ1) is 6.74. The second-order valence-corrected chi connectivity index (χ2v) is 3.58. The third-order valence-electron chi connectivity index (χ3n) is 1.54. The summed E-state index contributed by atoms with van der Waals surface area (Å²) in [5.41, 5.74) is 6.39. The van der Waals surface area contributed by atoms with E-state index in [9.17, 15) is 0 Å². The third kappa shape index (κ3) is 1.97. The summed E-state index contributed by atoms with van der Waals surface area (Å²) >= 11 is 1.42. The molecule has 0 bridgehead atoms. The van der Waals surface area contributed by atoms with Gasteiger partial charge in [0.05, 0.1) is 0 Å². The van der Waals surface area contributed by atoms with Gasteiger partial charge in [-0.05, 0) is 13.0 Å². The van der Waals surface area contributed by atoms with Crippen molar-refractivity contribution in [2.45, 2.75) is 6.92 Å². The maximum Gasteiger partial charge on any atom is 0.229 e. The second-order valence-electron chi connectivity index (χ2n) is 2.72. The maximum atomic E-state index is 5.48. The van der Waals surface area contributed by atoms with Crippen LogP contribution in [-0.2, 0) is 0 Å². The molecule has 0 atom stereocenters. The number of nitrogens with one attached hydrogen (secondary N) is 1. The number of anilines is 3. The minimum atomic E-state index is 0.505. The Bertz CT molecular complexity index is 439. The molecule has 0 radical (unpaired) electrons. The van der Waals surface area contributed by atoms with Crippen LogP contribution in [0.2, 0.25) is 0 Å². The number of aromatic nitrogens is 3. The third-order valence-corrected chi connectivity index (χ3v) is 2.31. The van der Waals surface area contributed by atoms with Crippen molar-refractivity contribution in [1.82, 2.24) is 15.0 Å². The number of hydrogen-bond acceptors (Lipinski definition) is 6. The SMILES string of the molecule is Cc1ccnc(Nc2nc(N)cs2)n1. The number of nitrogen functional groups attached to an aromatic ring is 1. The first-order valence-corrected chi connectivity index (χ1v) is 4.90. The fourth-order valence-corrected chi connectivity index (χ4v) is 1.54. The van der Waals surface area contributed by atoms with Crippen molar-refractivity contribution in [3.8, 4) is 0 Å². The molecule has 2 aromatic rings. The van der Waals surface area contributed by atoms with Crippen molar-refractivity contribution >= 4 is 28.2 Å². The summed E-state index contributed by atoms with van der Waals surface area (Å²) < 4.78 is 0. The first-order valence-electron chi connectivity index (χ1n) is 4.02. The zero-order chi connectivity index (χ0) is 9.97. The molecule has 72 valence electrons. The van der Waals surface area contributed by atoms with Crippen LogP contribution in [-0.4, -0.2) is 15.0 Å². The number of rotatable bonds is 2. The van der Waals surface area contributed by atoms with Crippen LogP contribution >= 0.6 is 11.3 Å². The zero-order valence-electron chi connectivity index (χ0n) is 7.56. The molecule has 2 heterocycles. The van der Waals surface area contributed by atoms with Gasteiger partial charge in [0.25, 0.3) is 0 Å². The first kappa shape index (κ1) is 8.89. The van der Waals surface area contributed by atoms with E-state index in [-0.39, 0.29) is 0 Å². The van der Waals surface area contributed by atoms with Gasteiger partial charge in [-0.1, -0.05) is 0 Å². The van der Waals surface area contributed by atoms with E-state index in [1.54, 1.807) is 11.6 Å². The highest BCUT2D eigenvalue weighted by Gasteiger charge is 2.01. The summed E-state index contributed by atoms with van der Waals surface area (Å²) in [5.74, 6) is 1.05. The van der Waals surface area contributed by atoms with Crippen LogP contribution in [0.1, 0.15) is 5.69 Å². The minimum absolute atomic E-state index is 0.505. The molecule has 0 aromatic carbocycles. The Kier molecular flexibility index (Phi) is 2.28. The van der Waals surface area contributed by atoms with E-state index in [0.29, 0.717) is 16.9 Å². The summed E-state index contributed by atoms with van der Waals surface area (Å²) in [7, 11) is 0. The molecule has 5 nitrogen and oxygen atoms in total. The normalized spacial score (nSPS) is 10.1. The number of thiazole rings is 1. The largest absolute Gasteiger partial charge is 0.383 e. The molecule has 3 N–H and O–H groups in total. The van der Waals surface area contributed by atoms with Crippen LogP contribution in [0, 0.1) is 6.92 Å². The standard InChI is InChI=1S/C8H9N5S/c1-5-2-3-10-7(11-5)13-8-12-6(9)4-14-8/h2-4H,9H2,1H3,(H,10,11,12,13). The fourth-order valence-electron chi connectivity index (χ4n) is 0.948. The highest BCUT2D eigenvalue weighted by Crippen LogP contribution is 2.19. The number of nitrogens with two attached hydrogens (primary N) is 1. The Morgan fingerprint density at radius 2 is 2.29 bits per heavy atom. The van der Waals surface area contributed by atoms with Gasteiger partial charge in [0.1, 0.15) is 5.82 Å². The molecule has 0 aliphatic heterocycles. The van der Waals surface area contributed by atoms with Gasteiger partial charge in [0.2, 0.25) is 5.95 Å². The number of aryl methyl sites for hydroxylation is 1. The molecular weight excluding hydrogens is 198 g/mol. The molecule has 0 aliphatic carbocycles. The zero-order valence-corrected chi connectivity index (χ0v) is 8.38. The summed E-state index contributed by atoms with van der Waals surface area (Å²) in [6, 6.07) is 1.83. The molecule has 0 aliphatic rings. The summed E-state index contributed by atoms with van der Waals surface area (Å²) in [5, 5.41) is 5.43. The van der Waals surface area contributed by atoms with Gasteiger partial charge >= 0.3 is 0 Å². The molecule has 0 amide bonds. The van der Waals surface area contributed by atoms with Gasteiger partial charge in [-0.2, -0.15) is 0 Å². The quantitative estimate of drug-likeness (QED) is 0.781. The van der Waals surface area contributed by atoms with E-state index >= 15 is 0 Å². The van der Waals surface area contributed by atoms with Gasteiger partial charge in [0, 0.05) is 17.3 Å². The van der Waals surface area contributed by atoms with E-state index < -0.39 is 0 Å². The lowest BCUT2D eigenvalue weighted by molar-refractivity contribution is 1.10. The van der Waals surface area contributed by atoms with Crippen LogP contribution in [0.3, 0.4) is 0 Å². The van der Waals surface area contributed by atoms with Crippen molar-refractivity contribution in [2.75, 3.05) is 11.1 Å². The van der Waals surface area contributed by atoms with Crippen LogP contribution in [0.5, 0.6) is 0 Å². The summed E-state index contributed by atoms with van der Waals surface area (Å²) in [6.07, 6.45) is 1.70. The van der Waals surface area contributed by atoms with Gasteiger partial charge in [-0.3, -0.25) is 5.32 Å². The molecule has 6 heteroatoms. The molecule has 2 rings (SSSR count). The van der Waals surface area contributed by atoms with Crippen molar-refractivity contribution in [2.24, 2.45) is 0 Å². The molecule has 0 spiro atoms. The lowest BCUT2D eigenvalue weighted by atomic mass is 10.5. The van der Waals surface area contributed by atoms with E-state index in [4.69, 9.17) is 5.73 Å². The van der Waals surface area contributed by atoms with E-state index in [1.165, 1.54) is 11.3 Å². The smallest absolute Gasteiger partial charge is 0.229 e. The molecule has 0 unspecified atom stereocenters. The number of nitrogens with zero attached hydrogens (tertiary/aromatic N) is 3. The van der Waals surface area contributed by atoms with Gasteiger partial charge in [-0.25, -0.2) is 15.0 Å². The Hall–Kier alpha value is -1.69. The number of hydrogen-bond donors (Lipinski definition) is 2. The van der Waals surface area contributed by atoms with E-state index in [0.717, 1.165) is 5.69 Å². The van der Waals surface area contributed by atoms with E-state index in [1.807, 2.05) is 13.0 Å². The van der Waals surface area contributed by atoms with Crippen LogP contribution in [0.15, 0.2) is 17.6 Å². The predicted molar refractivity (Wildman–Crippen MR) is 56.6 cm³/mol. The average Bonchev–Trinajstić information content (AvgIpc) is 2.51. The Balaban J connectivity index is 2.18. The molecule has 0 saturated heterocycles. The molecule has 2 aromatic heterocycles. The molecule has 0 saturated carbocycles. The van der Waals surface area contributed by atoms with Crippen molar-refractivity contribution in [3.63, 3.8) is 0 Å². The topological polar surface area (TPSA) is 76.7 Å². The van der Waals surface area contributed by atoms with Gasteiger partial charge in [0.15, 0.2) is 5.13 Å². The van der Waals surface area contributed by atoms with Crippen molar-refractivity contribution < 1.29 is 0 Å². The van der Waals surface area contributed by atoms with Gasteiger partial charge < -0.3 is 5.73 Å². The maximum absolute atomic E-state index is 5.48. The fraction of sp³-hybridized carbons (Fsp3) is 0.125. The monoisotopic (exact) mass is 207 g/mol. The summed E-state index contributed by atoms with van der Waals surface area (Å²) in [4.78, 5) is 12.3. The van der Waals surface area contributed by atoms with Crippen LogP contribution in [0.4, 0.5) is 16.9 Å². The van der Waals surface area contributed by atoms with Crippen molar-refractivity contribution in [3.05, 3.63) is 23.3 Å².